The monoisotopic (exact) mass is 240 g/mol. The number of hydrogen-bond donors (Lipinski definition) is 2. The predicted molar refractivity (Wildman–Crippen MR) is 66.8 cm³/mol. The Labute approximate surface area is 101 Å². The molecule has 0 amide bonds. The number of rotatable bonds is 3. The van der Waals surface area contributed by atoms with Gasteiger partial charge in [0.2, 0.25) is 0 Å². The number of hydrogen-bond acceptors (Lipinski definition) is 3. The maximum Gasteiger partial charge on any atom is 0.337 e. The van der Waals surface area contributed by atoms with Gasteiger partial charge < -0.3 is 15.4 Å². The molecule has 0 fully saturated rings. The van der Waals surface area contributed by atoms with Crippen LogP contribution in [-0.2, 0) is 9.53 Å². The third-order valence-electron chi connectivity index (χ3n) is 2.13. The number of esters is 1. The van der Waals surface area contributed by atoms with Crippen molar-refractivity contribution in [1.29, 1.82) is 0 Å². The lowest BCUT2D eigenvalue weighted by Crippen LogP contribution is -2.42. The summed E-state index contributed by atoms with van der Waals surface area (Å²) in [5.41, 5.74) is 2.47. The maximum atomic E-state index is 11.7. The van der Waals surface area contributed by atoms with Crippen LogP contribution in [-0.4, -0.2) is 24.2 Å². The zero-order valence-corrected chi connectivity index (χ0v) is 10.5. The van der Waals surface area contributed by atoms with Crippen LogP contribution in [0.4, 0.5) is 0 Å². The third kappa shape index (κ3) is 3.66. The van der Waals surface area contributed by atoms with Crippen LogP contribution in [0, 0.1) is 0 Å². The summed E-state index contributed by atoms with van der Waals surface area (Å²) in [4.78, 5) is 11.7. The summed E-state index contributed by atoms with van der Waals surface area (Å²) in [5, 5.41) is 6.32. The van der Waals surface area contributed by atoms with Crippen LogP contribution < -0.4 is 10.6 Å². The highest BCUT2D eigenvalue weighted by molar-refractivity contribution is 7.80. The Hall–Kier alpha value is -1.36. The Bertz CT molecular complexity index is 368. The Kier molecular flexibility index (Phi) is 4.49. The van der Waals surface area contributed by atoms with Gasteiger partial charge in [0, 0.05) is 5.70 Å². The second-order valence-electron chi connectivity index (χ2n) is 3.79. The van der Waals surface area contributed by atoms with Gasteiger partial charge in [0.15, 0.2) is 5.11 Å². The van der Waals surface area contributed by atoms with Gasteiger partial charge in [0.1, 0.15) is 6.61 Å². The molecule has 4 nitrogen and oxygen atoms in total. The largest absolute Gasteiger partial charge is 0.458 e. The maximum absolute atomic E-state index is 11.7. The van der Waals surface area contributed by atoms with E-state index in [2.05, 4.69) is 10.6 Å². The summed E-state index contributed by atoms with van der Waals surface area (Å²) in [6.45, 7) is 6.46. The van der Waals surface area contributed by atoms with Gasteiger partial charge >= 0.3 is 5.97 Å². The fourth-order valence-electron chi connectivity index (χ4n) is 1.19. The molecule has 0 saturated carbocycles. The molecule has 1 aliphatic rings. The molecule has 0 aromatic heterocycles. The molecule has 2 N–H and O–H groups in total. The van der Waals surface area contributed by atoms with E-state index in [1.807, 2.05) is 26.8 Å². The number of allylic oxidation sites excluding steroid dienone is 2. The van der Waals surface area contributed by atoms with Crippen molar-refractivity contribution in [3.63, 3.8) is 0 Å². The summed E-state index contributed by atoms with van der Waals surface area (Å²) in [7, 11) is 0. The molecular weight excluding hydrogens is 224 g/mol. The van der Waals surface area contributed by atoms with Crippen molar-refractivity contribution in [1.82, 2.24) is 10.6 Å². The fourth-order valence-corrected chi connectivity index (χ4v) is 1.41. The molecule has 1 rings (SSSR count). The molecular formula is C11H16N2O2S. The van der Waals surface area contributed by atoms with Crippen molar-refractivity contribution in [2.45, 2.75) is 20.8 Å². The Balaban J connectivity index is 2.57. The molecule has 0 aromatic carbocycles. The minimum absolute atomic E-state index is 0.308. The van der Waals surface area contributed by atoms with Crippen molar-refractivity contribution < 1.29 is 9.53 Å². The Morgan fingerprint density at radius 2 is 2.25 bits per heavy atom. The number of nitrogens with one attached hydrogen (secondary N) is 2. The zero-order chi connectivity index (χ0) is 12.1. The van der Waals surface area contributed by atoms with E-state index >= 15 is 0 Å². The van der Waals surface area contributed by atoms with E-state index in [0.717, 1.165) is 11.3 Å². The van der Waals surface area contributed by atoms with Gasteiger partial charge in [-0.3, -0.25) is 0 Å². The summed E-state index contributed by atoms with van der Waals surface area (Å²) < 4.78 is 5.10. The summed E-state index contributed by atoms with van der Waals surface area (Å²) in [6, 6.07) is 0. The second-order valence-corrected chi connectivity index (χ2v) is 4.20. The minimum atomic E-state index is -0.308. The van der Waals surface area contributed by atoms with E-state index in [0.29, 0.717) is 23.8 Å². The highest BCUT2D eigenvalue weighted by atomic mass is 32.1. The molecule has 1 aliphatic heterocycles. The van der Waals surface area contributed by atoms with E-state index in [9.17, 15) is 4.79 Å². The van der Waals surface area contributed by atoms with Crippen molar-refractivity contribution in [3.05, 3.63) is 22.9 Å². The molecule has 0 aromatic rings. The second kappa shape index (κ2) is 5.65. The number of thiocarbonyl (C=S) groups is 1. The number of ether oxygens (including phenoxy) is 1. The molecule has 0 atom stereocenters. The summed E-state index contributed by atoms with van der Waals surface area (Å²) >= 11 is 4.93. The third-order valence-corrected chi connectivity index (χ3v) is 2.38. The topological polar surface area (TPSA) is 50.4 Å². The lowest BCUT2D eigenvalue weighted by molar-refractivity contribution is -0.138. The molecule has 0 radical (unpaired) electrons. The van der Waals surface area contributed by atoms with Crippen LogP contribution >= 0.6 is 12.2 Å². The van der Waals surface area contributed by atoms with Crippen molar-refractivity contribution in [3.8, 4) is 0 Å². The van der Waals surface area contributed by atoms with E-state index in [4.69, 9.17) is 17.0 Å². The average molecular weight is 240 g/mol. The lowest BCUT2D eigenvalue weighted by Gasteiger charge is -2.20. The van der Waals surface area contributed by atoms with Crippen LogP contribution in [0.15, 0.2) is 22.9 Å². The molecule has 5 heteroatoms. The van der Waals surface area contributed by atoms with Gasteiger partial charge in [-0.2, -0.15) is 0 Å². The lowest BCUT2D eigenvalue weighted by atomic mass is 10.2. The minimum Gasteiger partial charge on any atom is -0.458 e. The SMILES string of the molecule is CC(C)=CCOC(=O)C1=C(C)NC(=S)NC1. The molecule has 0 bridgehead atoms. The van der Waals surface area contributed by atoms with E-state index in [1.54, 1.807) is 0 Å². The first-order valence-electron chi connectivity index (χ1n) is 5.06. The highest BCUT2D eigenvalue weighted by Gasteiger charge is 2.18. The molecule has 88 valence electrons. The van der Waals surface area contributed by atoms with E-state index in [1.165, 1.54) is 0 Å². The number of carbonyl (C=O) groups excluding carboxylic acids is 1. The quantitative estimate of drug-likeness (QED) is 0.442. The first-order valence-corrected chi connectivity index (χ1v) is 5.46. The number of carbonyl (C=O) groups is 1. The van der Waals surface area contributed by atoms with Crippen LogP contribution in [0.5, 0.6) is 0 Å². The molecule has 0 spiro atoms. The highest BCUT2D eigenvalue weighted by Crippen LogP contribution is 2.07. The van der Waals surface area contributed by atoms with Gasteiger partial charge in [-0.15, -0.1) is 0 Å². The molecule has 0 aliphatic carbocycles. The first kappa shape index (κ1) is 12.7. The van der Waals surface area contributed by atoms with Crippen molar-refractivity contribution in [2.24, 2.45) is 0 Å². The van der Waals surface area contributed by atoms with Crippen LogP contribution in [0.1, 0.15) is 20.8 Å². The molecule has 0 unspecified atom stereocenters. The Morgan fingerprint density at radius 1 is 1.56 bits per heavy atom. The molecule has 0 saturated heterocycles. The average Bonchev–Trinajstić information content (AvgIpc) is 2.16. The first-order chi connectivity index (χ1) is 7.50. The Morgan fingerprint density at radius 3 is 2.81 bits per heavy atom. The summed E-state index contributed by atoms with van der Waals surface area (Å²) in [6.07, 6.45) is 1.86. The van der Waals surface area contributed by atoms with Crippen LogP contribution in [0.3, 0.4) is 0 Å². The van der Waals surface area contributed by atoms with Gasteiger partial charge in [0.05, 0.1) is 12.1 Å². The summed E-state index contributed by atoms with van der Waals surface area (Å²) in [5.74, 6) is -0.308. The van der Waals surface area contributed by atoms with Crippen molar-refractivity contribution >= 4 is 23.3 Å². The smallest absolute Gasteiger partial charge is 0.337 e. The zero-order valence-electron chi connectivity index (χ0n) is 9.72. The normalized spacial score (nSPS) is 15.1. The van der Waals surface area contributed by atoms with Crippen molar-refractivity contribution in [2.75, 3.05) is 13.2 Å². The van der Waals surface area contributed by atoms with Crippen LogP contribution in [0.2, 0.25) is 0 Å². The van der Waals surface area contributed by atoms with E-state index in [-0.39, 0.29) is 5.97 Å². The molecule has 16 heavy (non-hydrogen) atoms. The fraction of sp³-hybridized carbons (Fsp3) is 0.455. The van der Waals surface area contributed by atoms with Gasteiger partial charge in [0.25, 0.3) is 0 Å². The standard InChI is InChI=1S/C11H16N2O2S/c1-7(2)4-5-15-10(14)9-6-12-11(16)13-8(9)3/h4H,5-6H2,1-3H3,(H2,12,13,16). The van der Waals surface area contributed by atoms with Gasteiger partial charge in [-0.05, 0) is 39.1 Å². The van der Waals surface area contributed by atoms with Crippen LogP contribution in [0.25, 0.3) is 0 Å². The molecule has 1 heterocycles. The van der Waals surface area contributed by atoms with E-state index < -0.39 is 0 Å². The van der Waals surface area contributed by atoms with Gasteiger partial charge in [-0.1, -0.05) is 5.57 Å². The predicted octanol–water partition coefficient (Wildman–Crippen LogP) is 1.25. The van der Waals surface area contributed by atoms with Gasteiger partial charge in [-0.25, -0.2) is 4.79 Å².